The zero-order chi connectivity index (χ0) is 13.7. The minimum absolute atomic E-state index is 0.371. The highest BCUT2D eigenvalue weighted by Crippen LogP contribution is 2.17. The van der Waals surface area contributed by atoms with E-state index in [9.17, 15) is 8.42 Å². The van der Waals surface area contributed by atoms with Crippen LogP contribution in [0, 0.1) is 5.92 Å². The summed E-state index contributed by atoms with van der Waals surface area (Å²) in [7, 11) is -3.56. The summed E-state index contributed by atoms with van der Waals surface area (Å²) in [6, 6.07) is 4.24. The minimum atomic E-state index is -3.56. The van der Waals surface area contributed by atoms with Crippen LogP contribution < -0.4 is 9.86 Å². The summed E-state index contributed by atoms with van der Waals surface area (Å²) < 4.78 is 24.2. The van der Waals surface area contributed by atoms with Crippen LogP contribution in [0.5, 0.6) is 0 Å². The number of piperidine rings is 1. The van der Waals surface area contributed by atoms with Crippen molar-refractivity contribution in [3.8, 4) is 0 Å². The molecule has 3 N–H and O–H groups in total. The fraction of sp³-hybridized carbons (Fsp3) is 0.667. The van der Waals surface area contributed by atoms with Gasteiger partial charge in [-0.25, -0.2) is 9.86 Å². The lowest BCUT2D eigenvalue weighted by molar-refractivity contribution is 0.178. The number of nitrogens with zero attached hydrogens (tertiary/aromatic N) is 1. The summed E-state index contributed by atoms with van der Waals surface area (Å²) in [5.41, 5.74) is 0. The first-order chi connectivity index (χ1) is 9.03. The molecule has 108 valence electrons. The highest BCUT2D eigenvalue weighted by atomic mass is 32.2. The molecular formula is C12H21N3O2S2. The Morgan fingerprint density at radius 2 is 2.37 bits per heavy atom. The first kappa shape index (κ1) is 14.9. The summed E-state index contributed by atoms with van der Waals surface area (Å²) in [4.78, 5) is 3.82. The largest absolute Gasteiger partial charge is 0.303 e. The Bertz CT molecular complexity index is 473. The number of nitrogens with two attached hydrogens (primary N) is 1. The van der Waals surface area contributed by atoms with Crippen molar-refractivity contribution >= 4 is 21.5 Å². The second-order valence-corrected chi connectivity index (χ2v) is 7.44. The molecule has 1 aliphatic heterocycles. The molecule has 0 spiro atoms. The third kappa shape index (κ3) is 5.58. The lowest BCUT2D eigenvalue weighted by Gasteiger charge is -2.32. The zero-order valence-corrected chi connectivity index (χ0v) is 12.5. The van der Waals surface area contributed by atoms with E-state index in [1.54, 1.807) is 11.3 Å². The maximum absolute atomic E-state index is 10.9. The molecule has 0 bridgehead atoms. The number of thiophene rings is 1. The SMILES string of the molecule is NS(=O)(=O)NC[C@@H]1CCCN(CCc2cccs2)C1. The lowest BCUT2D eigenvalue weighted by Crippen LogP contribution is -2.42. The van der Waals surface area contributed by atoms with Gasteiger partial charge in [0.15, 0.2) is 0 Å². The van der Waals surface area contributed by atoms with Gasteiger partial charge in [-0.15, -0.1) is 11.3 Å². The van der Waals surface area contributed by atoms with E-state index in [1.165, 1.54) is 4.88 Å². The summed E-state index contributed by atoms with van der Waals surface area (Å²) in [6.07, 6.45) is 3.27. The predicted octanol–water partition coefficient (Wildman–Crippen LogP) is 0.796. The van der Waals surface area contributed by atoms with Crippen molar-refractivity contribution in [1.29, 1.82) is 0 Å². The minimum Gasteiger partial charge on any atom is -0.303 e. The molecular weight excluding hydrogens is 282 g/mol. The normalized spacial score (nSPS) is 21.6. The molecule has 2 heterocycles. The van der Waals surface area contributed by atoms with Gasteiger partial charge in [0.1, 0.15) is 0 Å². The monoisotopic (exact) mass is 303 g/mol. The summed E-state index contributed by atoms with van der Waals surface area (Å²) >= 11 is 1.79. The molecule has 0 amide bonds. The Kier molecular flexibility index (Phi) is 5.35. The summed E-state index contributed by atoms with van der Waals surface area (Å²) in [5.74, 6) is 0.371. The van der Waals surface area contributed by atoms with Crippen LogP contribution in [0.4, 0.5) is 0 Å². The van der Waals surface area contributed by atoms with Gasteiger partial charge < -0.3 is 4.90 Å². The molecule has 19 heavy (non-hydrogen) atoms. The van der Waals surface area contributed by atoms with Crippen molar-refractivity contribution in [2.24, 2.45) is 11.1 Å². The first-order valence-corrected chi connectivity index (χ1v) is 8.97. The molecule has 0 aromatic carbocycles. The average Bonchev–Trinajstić information content (AvgIpc) is 2.87. The van der Waals surface area contributed by atoms with Crippen LogP contribution in [0.25, 0.3) is 0 Å². The average molecular weight is 303 g/mol. The standard InChI is InChI=1S/C12H21N3O2S2/c13-19(16,17)14-9-11-3-1-6-15(10-11)7-5-12-4-2-8-18-12/h2,4,8,11,14H,1,3,5-7,9-10H2,(H2,13,16,17)/t11-/m0/s1. The van der Waals surface area contributed by atoms with Crippen LogP contribution in [0.1, 0.15) is 17.7 Å². The Balaban J connectivity index is 1.74. The van der Waals surface area contributed by atoms with Crippen LogP contribution in [-0.4, -0.2) is 39.5 Å². The Hall–Kier alpha value is -0.470. The van der Waals surface area contributed by atoms with Crippen LogP contribution in [0.2, 0.25) is 0 Å². The van der Waals surface area contributed by atoms with Crippen molar-refractivity contribution in [1.82, 2.24) is 9.62 Å². The van der Waals surface area contributed by atoms with Crippen molar-refractivity contribution in [3.63, 3.8) is 0 Å². The molecule has 1 saturated heterocycles. The van der Waals surface area contributed by atoms with Gasteiger partial charge in [0, 0.05) is 24.5 Å². The number of nitrogens with one attached hydrogen (secondary N) is 1. The second-order valence-electron chi connectivity index (χ2n) is 5.03. The molecule has 0 aliphatic carbocycles. The van der Waals surface area contributed by atoms with E-state index in [1.807, 2.05) is 0 Å². The third-order valence-corrected chi connectivity index (χ3v) is 4.94. The Labute approximate surface area is 119 Å². The molecule has 1 aromatic rings. The molecule has 0 radical (unpaired) electrons. The van der Waals surface area contributed by atoms with Crippen molar-refractivity contribution < 1.29 is 8.42 Å². The van der Waals surface area contributed by atoms with Crippen LogP contribution >= 0.6 is 11.3 Å². The van der Waals surface area contributed by atoms with Crippen LogP contribution in [0.3, 0.4) is 0 Å². The maximum Gasteiger partial charge on any atom is 0.274 e. The summed E-state index contributed by atoms with van der Waals surface area (Å²) in [6.45, 7) is 3.56. The molecule has 7 heteroatoms. The fourth-order valence-electron chi connectivity index (χ4n) is 2.48. The first-order valence-electron chi connectivity index (χ1n) is 6.55. The number of hydrogen-bond donors (Lipinski definition) is 2. The summed E-state index contributed by atoms with van der Waals surface area (Å²) in [5, 5.41) is 7.06. The van der Waals surface area contributed by atoms with Gasteiger partial charge in [-0.1, -0.05) is 6.07 Å². The Morgan fingerprint density at radius 1 is 1.53 bits per heavy atom. The number of likely N-dealkylation sites (tertiary alicyclic amines) is 1. The lowest BCUT2D eigenvalue weighted by atomic mass is 9.98. The quantitative estimate of drug-likeness (QED) is 0.816. The highest BCUT2D eigenvalue weighted by Gasteiger charge is 2.20. The van der Waals surface area contributed by atoms with E-state index in [-0.39, 0.29) is 0 Å². The third-order valence-electron chi connectivity index (χ3n) is 3.43. The number of hydrogen-bond acceptors (Lipinski definition) is 4. The molecule has 0 unspecified atom stereocenters. The van der Waals surface area contributed by atoms with Gasteiger partial charge in [-0.3, -0.25) is 0 Å². The van der Waals surface area contributed by atoms with Gasteiger partial charge in [-0.05, 0) is 43.2 Å². The smallest absolute Gasteiger partial charge is 0.274 e. The van der Waals surface area contributed by atoms with Gasteiger partial charge in [0.05, 0.1) is 0 Å². The molecule has 2 rings (SSSR count). The number of rotatable bonds is 6. The molecule has 1 aliphatic rings. The van der Waals surface area contributed by atoms with Crippen LogP contribution in [0.15, 0.2) is 17.5 Å². The van der Waals surface area contributed by atoms with Crippen molar-refractivity contribution in [2.75, 3.05) is 26.2 Å². The van der Waals surface area contributed by atoms with E-state index in [0.717, 1.165) is 38.9 Å². The van der Waals surface area contributed by atoms with E-state index >= 15 is 0 Å². The van der Waals surface area contributed by atoms with E-state index < -0.39 is 10.2 Å². The van der Waals surface area contributed by atoms with Gasteiger partial charge in [0.25, 0.3) is 10.2 Å². The van der Waals surface area contributed by atoms with E-state index in [2.05, 4.69) is 27.1 Å². The maximum atomic E-state index is 10.9. The van der Waals surface area contributed by atoms with Crippen molar-refractivity contribution in [3.05, 3.63) is 22.4 Å². The molecule has 1 aromatic heterocycles. The van der Waals surface area contributed by atoms with Crippen molar-refractivity contribution in [2.45, 2.75) is 19.3 Å². The predicted molar refractivity (Wildman–Crippen MR) is 78.3 cm³/mol. The molecule has 0 saturated carbocycles. The zero-order valence-electron chi connectivity index (χ0n) is 10.9. The van der Waals surface area contributed by atoms with E-state index in [0.29, 0.717) is 12.5 Å². The van der Waals surface area contributed by atoms with Gasteiger partial charge >= 0.3 is 0 Å². The topological polar surface area (TPSA) is 75.4 Å². The van der Waals surface area contributed by atoms with Crippen LogP contribution in [-0.2, 0) is 16.6 Å². The van der Waals surface area contributed by atoms with Gasteiger partial charge in [-0.2, -0.15) is 8.42 Å². The van der Waals surface area contributed by atoms with E-state index in [4.69, 9.17) is 5.14 Å². The fourth-order valence-corrected chi connectivity index (χ4v) is 3.64. The molecule has 1 fully saturated rings. The second kappa shape index (κ2) is 6.81. The molecule has 1 atom stereocenters. The highest BCUT2D eigenvalue weighted by molar-refractivity contribution is 7.87. The Morgan fingerprint density at radius 3 is 3.05 bits per heavy atom. The molecule has 5 nitrogen and oxygen atoms in total. The van der Waals surface area contributed by atoms with Gasteiger partial charge in [0.2, 0.25) is 0 Å².